The third-order valence-corrected chi connectivity index (χ3v) is 5.48. The van der Waals surface area contributed by atoms with Gasteiger partial charge in [-0.25, -0.2) is 0 Å². The first kappa shape index (κ1) is 17.8. The lowest BCUT2D eigenvalue weighted by molar-refractivity contribution is -0.115. The first-order valence-corrected chi connectivity index (χ1v) is 9.44. The summed E-state index contributed by atoms with van der Waals surface area (Å²) in [4.78, 5) is 12.3. The SMILES string of the molecule is Cc1nnc(NC(=O)[C@H](C)Sc2nnc(-c3ccc(Cl)cc3)n2C)s1. The van der Waals surface area contributed by atoms with Crippen molar-refractivity contribution in [2.75, 3.05) is 5.32 Å². The molecule has 3 rings (SSSR count). The largest absolute Gasteiger partial charge is 0.305 e. The van der Waals surface area contributed by atoms with Crippen molar-refractivity contribution in [1.29, 1.82) is 0 Å². The van der Waals surface area contributed by atoms with Crippen LogP contribution in [0, 0.1) is 6.92 Å². The van der Waals surface area contributed by atoms with E-state index in [1.807, 2.05) is 37.6 Å². The number of carbonyl (C=O) groups is 1. The van der Waals surface area contributed by atoms with Gasteiger partial charge in [-0.15, -0.1) is 20.4 Å². The van der Waals surface area contributed by atoms with E-state index < -0.39 is 0 Å². The van der Waals surface area contributed by atoms with Gasteiger partial charge in [-0.2, -0.15) is 0 Å². The minimum absolute atomic E-state index is 0.155. The van der Waals surface area contributed by atoms with Gasteiger partial charge in [-0.1, -0.05) is 34.7 Å². The zero-order chi connectivity index (χ0) is 18.0. The van der Waals surface area contributed by atoms with Crippen molar-refractivity contribution in [3.63, 3.8) is 0 Å². The van der Waals surface area contributed by atoms with Crippen LogP contribution in [-0.2, 0) is 11.8 Å². The highest BCUT2D eigenvalue weighted by Gasteiger charge is 2.20. The van der Waals surface area contributed by atoms with Crippen molar-refractivity contribution in [3.8, 4) is 11.4 Å². The molecular formula is C15H15ClN6OS2. The molecule has 0 radical (unpaired) electrons. The van der Waals surface area contributed by atoms with Gasteiger partial charge in [0, 0.05) is 17.6 Å². The maximum absolute atomic E-state index is 12.3. The normalized spacial score (nSPS) is 12.2. The lowest BCUT2D eigenvalue weighted by Crippen LogP contribution is -2.22. The Morgan fingerprint density at radius 2 is 1.96 bits per heavy atom. The number of nitrogens with zero attached hydrogens (tertiary/aromatic N) is 5. The molecule has 2 aromatic heterocycles. The van der Waals surface area contributed by atoms with Crippen LogP contribution in [0.25, 0.3) is 11.4 Å². The molecule has 0 spiro atoms. The highest BCUT2D eigenvalue weighted by atomic mass is 35.5. The maximum atomic E-state index is 12.3. The summed E-state index contributed by atoms with van der Waals surface area (Å²) >= 11 is 8.58. The van der Waals surface area contributed by atoms with Crippen molar-refractivity contribution in [2.24, 2.45) is 7.05 Å². The van der Waals surface area contributed by atoms with Crippen LogP contribution < -0.4 is 5.32 Å². The van der Waals surface area contributed by atoms with E-state index in [9.17, 15) is 4.79 Å². The van der Waals surface area contributed by atoms with Crippen LogP contribution in [0.5, 0.6) is 0 Å². The summed E-state index contributed by atoms with van der Waals surface area (Å²) in [5.41, 5.74) is 0.910. The van der Waals surface area contributed by atoms with Crippen LogP contribution in [0.4, 0.5) is 5.13 Å². The van der Waals surface area contributed by atoms with E-state index in [-0.39, 0.29) is 11.2 Å². The quantitative estimate of drug-likeness (QED) is 0.667. The predicted molar refractivity (Wildman–Crippen MR) is 100 cm³/mol. The summed E-state index contributed by atoms with van der Waals surface area (Å²) in [6.07, 6.45) is 0. The highest BCUT2D eigenvalue weighted by molar-refractivity contribution is 8.00. The number of halogens is 1. The van der Waals surface area contributed by atoms with E-state index in [0.29, 0.717) is 21.1 Å². The third-order valence-electron chi connectivity index (χ3n) is 3.34. The van der Waals surface area contributed by atoms with Gasteiger partial charge in [0.25, 0.3) is 0 Å². The van der Waals surface area contributed by atoms with Crippen molar-refractivity contribution in [2.45, 2.75) is 24.3 Å². The highest BCUT2D eigenvalue weighted by Crippen LogP contribution is 2.27. The fraction of sp³-hybridized carbons (Fsp3) is 0.267. The van der Waals surface area contributed by atoms with Crippen molar-refractivity contribution >= 4 is 45.7 Å². The first-order valence-electron chi connectivity index (χ1n) is 7.37. The molecule has 130 valence electrons. The minimum Gasteiger partial charge on any atom is -0.305 e. The van der Waals surface area contributed by atoms with Gasteiger partial charge in [0.05, 0.1) is 5.25 Å². The molecule has 1 N–H and O–H groups in total. The molecule has 0 aliphatic carbocycles. The molecule has 1 atom stereocenters. The van der Waals surface area contributed by atoms with Gasteiger partial charge >= 0.3 is 0 Å². The van der Waals surface area contributed by atoms with Crippen molar-refractivity contribution < 1.29 is 4.79 Å². The lowest BCUT2D eigenvalue weighted by atomic mass is 10.2. The Morgan fingerprint density at radius 1 is 1.24 bits per heavy atom. The number of rotatable bonds is 5. The zero-order valence-corrected chi connectivity index (χ0v) is 16.1. The number of aryl methyl sites for hydroxylation is 1. The van der Waals surface area contributed by atoms with Crippen LogP contribution in [0.2, 0.25) is 5.02 Å². The molecule has 10 heteroatoms. The molecule has 0 saturated heterocycles. The number of hydrogen-bond donors (Lipinski definition) is 1. The summed E-state index contributed by atoms with van der Waals surface area (Å²) in [6, 6.07) is 7.38. The monoisotopic (exact) mass is 394 g/mol. The molecule has 3 aromatic rings. The van der Waals surface area contributed by atoms with Crippen molar-refractivity contribution in [1.82, 2.24) is 25.0 Å². The van der Waals surface area contributed by atoms with Gasteiger partial charge in [0.2, 0.25) is 11.0 Å². The van der Waals surface area contributed by atoms with E-state index in [0.717, 1.165) is 10.6 Å². The summed E-state index contributed by atoms with van der Waals surface area (Å²) in [7, 11) is 1.87. The number of aromatic nitrogens is 5. The molecule has 0 unspecified atom stereocenters. The van der Waals surface area contributed by atoms with Gasteiger partial charge in [-0.3, -0.25) is 10.1 Å². The van der Waals surface area contributed by atoms with Crippen LogP contribution >= 0.6 is 34.7 Å². The average molecular weight is 395 g/mol. The molecular weight excluding hydrogens is 380 g/mol. The number of amides is 1. The summed E-state index contributed by atoms with van der Waals surface area (Å²) in [5, 5.41) is 21.2. The second-order valence-electron chi connectivity index (χ2n) is 5.25. The Kier molecular flexibility index (Phi) is 5.36. The van der Waals surface area contributed by atoms with Gasteiger partial charge in [0.1, 0.15) is 5.01 Å². The molecule has 0 aliphatic heterocycles. The first-order chi connectivity index (χ1) is 11.9. The van der Waals surface area contributed by atoms with Crippen LogP contribution in [0.1, 0.15) is 11.9 Å². The van der Waals surface area contributed by atoms with Gasteiger partial charge in [-0.05, 0) is 38.1 Å². The predicted octanol–water partition coefficient (Wildman–Crippen LogP) is 3.41. The molecule has 2 heterocycles. The van der Waals surface area contributed by atoms with E-state index in [1.54, 1.807) is 12.1 Å². The van der Waals surface area contributed by atoms with Crippen LogP contribution in [-0.4, -0.2) is 36.1 Å². The average Bonchev–Trinajstić information content (AvgIpc) is 3.15. The zero-order valence-electron chi connectivity index (χ0n) is 13.7. The summed E-state index contributed by atoms with van der Waals surface area (Å²) < 4.78 is 1.85. The number of hydrogen-bond acceptors (Lipinski definition) is 7. The Bertz CT molecular complexity index is 892. The molecule has 0 aliphatic rings. The van der Waals surface area contributed by atoms with E-state index in [4.69, 9.17) is 11.6 Å². The minimum atomic E-state index is -0.356. The third kappa shape index (κ3) is 4.17. The Hall–Kier alpha value is -1.97. The number of nitrogens with one attached hydrogen (secondary N) is 1. The van der Waals surface area contributed by atoms with E-state index >= 15 is 0 Å². The lowest BCUT2D eigenvalue weighted by Gasteiger charge is -2.10. The number of carbonyl (C=O) groups excluding carboxylic acids is 1. The van der Waals surface area contributed by atoms with Crippen LogP contribution in [0.15, 0.2) is 29.4 Å². The van der Waals surface area contributed by atoms with Gasteiger partial charge in [0.15, 0.2) is 11.0 Å². The van der Waals surface area contributed by atoms with E-state index in [1.165, 1.54) is 23.1 Å². The Morgan fingerprint density at radius 3 is 2.60 bits per heavy atom. The molecule has 25 heavy (non-hydrogen) atoms. The molecule has 1 aromatic carbocycles. The molecule has 0 bridgehead atoms. The Labute approximate surface area is 157 Å². The number of benzene rings is 1. The van der Waals surface area contributed by atoms with Crippen LogP contribution in [0.3, 0.4) is 0 Å². The van der Waals surface area contributed by atoms with Gasteiger partial charge < -0.3 is 4.57 Å². The smallest absolute Gasteiger partial charge is 0.239 e. The second kappa shape index (κ2) is 7.51. The molecule has 1 amide bonds. The fourth-order valence-electron chi connectivity index (χ4n) is 2.03. The maximum Gasteiger partial charge on any atom is 0.239 e. The standard InChI is InChI=1S/C15H15ClN6OS2/c1-8(13(23)17-14-20-18-9(2)25-14)24-15-21-19-12(22(15)3)10-4-6-11(16)7-5-10/h4-8H,1-3H3,(H,17,20,23)/t8-/m0/s1. The molecule has 0 fully saturated rings. The summed E-state index contributed by atoms with van der Waals surface area (Å²) in [6.45, 7) is 3.65. The second-order valence-corrected chi connectivity index (χ2v) is 8.17. The Balaban J connectivity index is 1.70. The molecule has 7 nitrogen and oxygen atoms in total. The molecule has 0 saturated carbocycles. The number of thioether (sulfide) groups is 1. The number of anilines is 1. The fourth-order valence-corrected chi connectivity index (χ4v) is 3.57. The van der Waals surface area contributed by atoms with E-state index in [2.05, 4.69) is 25.7 Å². The topological polar surface area (TPSA) is 85.6 Å². The summed E-state index contributed by atoms with van der Waals surface area (Å²) in [5.74, 6) is 0.559. The van der Waals surface area contributed by atoms with Crippen molar-refractivity contribution in [3.05, 3.63) is 34.3 Å².